The van der Waals surface area contributed by atoms with Gasteiger partial charge in [-0.3, -0.25) is 0 Å². The van der Waals surface area contributed by atoms with Gasteiger partial charge in [0.1, 0.15) is 0 Å². The molecule has 0 spiro atoms. The number of nitrogens with zero attached hydrogens (tertiary/aromatic N) is 1. The molecule has 0 aromatic carbocycles. The van der Waals surface area contributed by atoms with Gasteiger partial charge in [0.25, 0.3) is 0 Å². The number of carbonyl (C=O) groups is 1. The lowest BCUT2D eigenvalue weighted by atomic mass is 9.66. The van der Waals surface area contributed by atoms with Gasteiger partial charge in [-0.05, 0) is 62.9 Å². The number of hydrogen-bond acceptors (Lipinski definition) is 4. The zero-order valence-corrected chi connectivity index (χ0v) is 15.5. The summed E-state index contributed by atoms with van der Waals surface area (Å²) in [6.07, 6.45) is 11.7. The monoisotopic (exact) mass is 359 g/mol. The lowest BCUT2D eigenvalue weighted by Crippen LogP contribution is -2.33. The minimum atomic E-state index is -1.00. The van der Waals surface area contributed by atoms with E-state index in [1.807, 2.05) is 0 Å². The average molecular weight is 359 g/mol. The van der Waals surface area contributed by atoms with E-state index in [0.717, 1.165) is 56.2 Å². The lowest BCUT2D eigenvalue weighted by Gasteiger charge is -2.38. The maximum Gasteiger partial charge on any atom is 0.344 e. The van der Waals surface area contributed by atoms with Crippen LogP contribution in [0, 0.1) is 11.3 Å². The highest BCUT2D eigenvalue weighted by atomic mass is 16.6. The van der Waals surface area contributed by atoms with Gasteiger partial charge in [0.05, 0.1) is 11.8 Å². The minimum absolute atomic E-state index is 0.0375. The van der Waals surface area contributed by atoms with Gasteiger partial charge in [0, 0.05) is 5.41 Å². The fraction of sp³-hybridized carbons (Fsp3) is 0.619. The molecule has 3 aliphatic carbocycles. The standard InChI is InChI=1S/C21H29NO4/c1-14-5-8-17(23)12-16(14)7-6-15-4-3-11-21(2)18(15)9-10-19(21)22-26-13-20(24)25/h6-7,17-18,23H,1,3-5,8-13H2,2H3,(H,24,25)/t17-,18?,21+/m1/s1. The first kappa shape index (κ1) is 18.9. The summed E-state index contributed by atoms with van der Waals surface area (Å²) in [6.45, 7) is 5.99. The number of carboxylic acids is 1. The molecule has 1 unspecified atom stereocenters. The number of rotatable bonds is 4. The maximum absolute atomic E-state index is 10.6. The normalized spacial score (nSPS) is 36.5. The van der Waals surface area contributed by atoms with Crippen LogP contribution in [-0.4, -0.2) is 34.6 Å². The molecule has 0 aromatic rings. The van der Waals surface area contributed by atoms with E-state index in [1.54, 1.807) is 0 Å². The molecule has 0 aliphatic heterocycles. The van der Waals surface area contributed by atoms with Crippen LogP contribution in [0.5, 0.6) is 0 Å². The fourth-order valence-electron chi connectivity index (χ4n) is 4.74. The van der Waals surface area contributed by atoms with Crippen LogP contribution in [-0.2, 0) is 9.63 Å². The Morgan fingerprint density at radius 2 is 2.15 bits per heavy atom. The van der Waals surface area contributed by atoms with Gasteiger partial charge in [-0.2, -0.15) is 0 Å². The number of aliphatic hydroxyl groups is 1. The van der Waals surface area contributed by atoms with Crippen molar-refractivity contribution in [1.82, 2.24) is 0 Å². The predicted molar refractivity (Wildman–Crippen MR) is 101 cm³/mol. The first-order valence-electron chi connectivity index (χ1n) is 9.57. The van der Waals surface area contributed by atoms with Crippen molar-refractivity contribution >= 4 is 11.7 Å². The summed E-state index contributed by atoms with van der Waals surface area (Å²) in [4.78, 5) is 15.7. The first-order valence-corrected chi connectivity index (χ1v) is 9.57. The molecular formula is C21H29NO4. The summed E-state index contributed by atoms with van der Waals surface area (Å²) in [6, 6.07) is 0. The Labute approximate surface area is 155 Å². The Kier molecular flexibility index (Phi) is 5.66. The van der Waals surface area contributed by atoms with E-state index in [1.165, 1.54) is 11.1 Å². The summed E-state index contributed by atoms with van der Waals surface area (Å²) in [5, 5.41) is 22.8. The zero-order chi connectivity index (χ0) is 18.7. The molecule has 5 heteroatoms. The molecule has 0 bridgehead atoms. The third-order valence-electron chi connectivity index (χ3n) is 6.26. The third kappa shape index (κ3) is 3.93. The molecule has 0 amide bonds. The maximum atomic E-state index is 10.6. The topological polar surface area (TPSA) is 79.1 Å². The molecule has 0 radical (unpaired) electrons. The number of fused-ring (bicyclic) bond motifs is 1. The van der Waals surface area contributed by atoms with Crippen molar-refractivity contribution < 1.29 is 19.8 Å². The molecule has 5 nitrogen and oxygen atoms in total. The van der Waals surface area contributed by atoms with E-state index in [-0.39, 0.29) is 18.1 Å². The number of aliphatic carboxylic acids is 1. The van der Waals surface area contributed by atoms with E-state index in [9.17, 15) is 9.90 Å². The van der Waals surface area contributed by atoms with E-state index in [2.05, 4.69) is 30.8 Å². The summed E-state index contributed by atoms with van der Waals surface area (Å²) in [5.74, 6) is -0.568. The summed E-state index contributed by atoms with van der Waals surface area (Å²) in [5.41, 5.74) is 4.70. The van der Waals surface area contributed by atoms with Crippen LogP contribution < -0.4 is 0 Å². The van der Waals surface area contributed by atoms with Crippen LogP contribution in [0.4, 0.5) is 0 Å². The van der Waals surface area contributed by atoms with E-state index in [0.29, 0.717) is 12.3 Å². The van der Waals surface area contributed by atoms with Gasteiger partial charge in [-0.25, -0.2) is 4.79 Å². The van der Waals surface area contributed by atoms with Crippen molar-refractivity contribution in [2.24, 2.45) is 16.5 Å². The Morgan fingerprint density at radius 1 is 1.35 bits per heavy atom. The Balaban J connectivity index is 1.77. The van der Waals surface area contributed by atoms with Crippen LogP contribution in [0.2, 0.25) is 0 Å². The second kappa shape index (κ2) is 7.78. The molecule has 2 N–H and O–H groups in total. The number of oxime groups is 1. The molecular weight excluding hydrogens is 330 g/mol. The summed E-state index contributed by atoms with van der Waals surface area (Å²) in [7, 11) is 0. The smallest absolute Gasteiger partial charge is 0.344 e. The van der Waals surface area contributed by atoms with Crippen LogP contribution in [0.25, 0.3) is 0 Å². The Bertz CT molecular complexity index is 675. The fourth-order valence-corrected chi connectivity index (χ4v) is 4.74. The molecule has 0 heterocycles. The van der Waals surface area contributed by atoms with Crippen molar-refractivity contribution in [3.05, 3.63) is 35.5 Å². The molecule has 3 aliphatic rings. The first-order chi connectivity index (χ1) is 12.4. The van der Waals surface area contributed by atoms with Crippen LogP contribution >= 0.6 is 0 Å². The van der Waals surface area contributed by atoms with Gasteiger partial charge >= 0.3 is 5.97 Å². The Hall–Kier alpha value is -1.88. The van der Waals surface area contributed by atoms with Crippen molar-refractivity contribution in [2.75, 3.05) is 6.61 Å². The van der Waals surface area contributed by atoms with Gasteiger partial charge in [-0.1, -0.05) is 42.0 Å². The molecule has 26 heavy (non-hydrogen) atoms. The van der Waals surface area contributed by atoms with Crippen molar-refractivity contribution in [1.29, 1.82) is 0 Å². The van der Waals surface area contributed by atoms with Gasteiger partial charge in [0.15, 0.2) is 0 Å². The third-order valence-corrected chi connectivity index (χ3v) is 6.26. The molecule has 3 fully saturated rings. The second-order valence-corrected chi connectivity index (χ2v) is 8.00. The van der Waals surface area contributed by atoms with Gasteiger partial charge < -0.3 is 15.1 Å². The minimum Gasteiger partial charge on any atom is -0.479 e. The quantitative estimate of drug-likeness (QED) is 0.744. The summed E-state index contributed by atoms with van der Waals surface area (Å²) < 4.78 is 0. The predicted octanol–water partition coefficient (Wildman–Crippen LogP) is 4.00. The lowest BCUT2D eigenvalue weighted by molar-refractivity contribution is -0.142. The highest BCUT2D eigenvalue weighted by Gasteiger charge is 2.47. The number of allylic oxidation sites excluding steroid dienone is 4. The zero-order valence-electron chi connectivity index (χ0n) is 15.5. The molecule has 3 saturated carbocycles. The van der Waals surface area contributed by atoms with Crippen molar-refractivity contribution in [3.63, 3.8) is 0 Å². The van der Waals surface area contributed by atoms with Gasteiger partial charge in [-0.15, -0.1) is 0 Å². The van der Waals surface area contributed by atoms with Crippen molar-refractivity contribution in [3.8, 4) is 0 Å². The van der Waals surface area contributed by atoms with E-state index < -0.39 is 5.97 Å². The van der Waals surface area contributed by atoms with Crippen LogP contribution in [0.3, 0.4) is 0 Å². The largest absolute Gasteiger partial charge is 0.479 e. The number of aliphatic hydroxyl groups excluding tert-OH is 1. The summed E-state index contributed by atoms with van der Waals surface area (Å²) >= 11 is 0. The SMILES string of the molecule is C=C1CC[C@@H](O)CC1=CC=C1CCC[C@]2(C)C(=NOCC(=O)O)CCC12. The Morgan fingerprint density at radius 3 is 2.92 bits per heavy atom. The molecule has 0 saturated heterocycles. The molecule has 0 aromatic heterocycles. The van der Waals surface area contributed by atoms with E-state index in [4.69, 9.17) is 9.94 Å². The second-order valence-electron chi connectivity index (χ2n) is 8.00. The molecule has 3 rings (SSSR count). The average Bonchev–Trinajstić information content (AvgIpc) is 2.92. The number of carboxylic acid groups (broad SMARTS) is 1. The van der Waals surface area contributed by atoms with Crippen molar-refractivity contribution in [2.45, 2.75) is 64.4 Å². The van der Waals surface area contributed by atoms with E-state index >= 15 is 0 Å². The molecule has 3 atom stereocenters. The molecule has 142 valence electrons. The van der Waals surface area contributed by atoms with Gasteiger partial charge in [0.2, 0.25) is 6.61 Å². The van der Waals surface area contributed by atoms with Crippen LogP contribution in [0.1, 0.15) is 58.3 Å². The van der Waals surface area contributed by atoms with Crippen LogP contribution in [0.15, 0.2) is 40.6 Å². The highest BCUT2D eigenvalue weighted by Crippen LogP contribution is 2.52. The number of hydrogen-bond donors (Lipinski definition) is 2. The highest BCUT2D eigenvalue weighted by molar-refractivity contribution is 5.92.